The van der Waals surface area contributed by atoms with Crippen molar-refractivity contribution in [3.05, 3.63) is 36.3 Å². The summed E-state index contributed by atoms with van der Waals surface area (Å²) in [5, 5.41) is 3.16. The highest BCUT2D eigenvalue weighted by Gasteiger charge is 2.16. The number of fused-ring (bicyclic) bond motifs is 1. The quantitative estimate of drug-likeness (QED) is 0.460. The number of nitrogens with two attached hydrogens (primary N) is 1. The maximum atomic E-state index is 5.85. The molecule has 3 rings (SSSR count). The van der Waals surface area contributed by atoms with Crippen molar-refractivity contribution in [1.29, 1.82) is 0 Å². The van der Waals surface area contributed by atoms with Crippen molar-refractivity contribution in [2.24, 2.45) is 16.6 Å². The fraction of sp³-hybridized carbons (Fsp3) is 0.467. The number of guanidine groups is 1. The number of imidazole rings is 1. The average Bonchev–Trinajstić information content (AvgIpc) is 2.79. The van der Waals surface area contributed by atoms with E-state index in [1.807, 2.05) is 28.8 Å². The van der Waals surface area contributed by atoms with E-state index in [4.69, 9.17) is 5.73 Å². The van der Waals surface area contributed by atoms with Crippen LogP contribution in [0.15, 0.2) is 35.6 Å². The number of pyridine rings is 1. The Bertz CT molecular complexity index is 570. The van der Waals surface area contributed by atoms with E-state index >= 15 is 0 Å². The van der Waals surface area contributed by atoms with Crippen molar-refractivity contribution in [2.45, 2.75) is 25.7 Å². The Kier molecular flexibility index (Phi) is 5.84. The SMILES string of the molecule is I.NC(=NCC1CCC1)NCCc1cn2ccccc2n1. The van der Waals surface area contributed by atoms with Crippen molar-refractivity contribution in [1.82, 2.24) is 14.7 Å². The van der Waals surface area contributed by atoms with E-state index in [1.165, 1.54) is 19.3 Å². The van der Waals surface area contributed by atoms with Gasteiger partial charge in [-0.05, 0) is 30.9 Å². The molecule has 1 aliphatic rings. The second-order valence-electron chi connectivity index (χ2n) is 5.40. The lowest BCUT2D eigenvalue weighted by atomic mass is 9.86. The maximum absolute atomic E-state index is 5.85. The van der Waals surface area contributed by atoms with Gasteiger partial charge in [-0.3, -0.25) is 4.99 Å². The fourth-order valence-electron chi connectivity index (χ4n) is 2.39. The van der Waals surface area contributed by atoms with Gasteiger partial charge in [-0.15, -0.1) is 24.0 Å². The molecule has 0 atom stereocenters. The molecule has 0 aromatic carbocycles. The molecule has 1 aliphatic carbocycles. The van der Waals surface area contributed by atoms with E-state index in [0.29, 0.717) is 5.96 Å². The average molecular weight is 399 g/mol. The van der Waals surface area contributed by atoms with Gasteiger partial charge in [0.05, 0.1) is 5.69 Å². The maximum Gasteiger partial charge on any atom is 0.188 e. The molecule has 5 nitrogen and oxygen atoms in total. The Morgan fingerprint density at radius 1 is 1.43 bits per heavy atom. The molecule has 21 heavy (non-hydrogen) atoms. The van der Waals surface area contributed by atoms with Gasteiger partial charge in [-0.1, -0.05) is 12.5 Å². The van der Waals surface area contributed by atoms with Crippen molar-refractivity contribution in [3.63, 3.8) is 0 Å². The zero-order chi connectivity index (χ0) is 13.8. The highest BCUT2D eigenvalue weighted by Crippen LogP contribution is 2.26. The van der Waals surface area contributed by atoms with Crippen molar-refractivity contribution in [3.8, 4) is 0 Å². The standard InChI is InChI=1S/C15H21N5.HI/c16-15(18-10-12-4-3-5-12)17-8-7-13-11-20-9-2-1-6-14(20)19-13;/h1-2,6,9,11-12H,3-5,7-8,10H2,(H3,16,17,18);1H. The van der Waals surface area contributed by atoms with Crippen LogP contribution < -0.4 is 11.1 Å². The van der Waals surface area contributed by atoms with Crippen LogP contribution in [-0.2, 0) is 6.42 Å². The van der Waals surface area contributed by atoms with Gasteiger partial charge < -0.3 is 15.5 Å². The molecule has 0 amide bonds. The van der Waals surface area contributed by atoms with Crippen molar-refractivity contribution in [2.75, 3.05) is 13.1 Å². The summed E-state index contributed by atoms with van der Waals surface area (Å²) in [4.78, 5) is 8.93. The number of aromatic nitrogens is 2. The van der Waals surface area contributed by atoms with Gasteiger partial charge in [0.1, 0.15) is 5.65 Å². The third-order valence-corrected chi connectivity index (χ3v) is 3.85. The van der Waals surface area contributed by atoms with Crippen LogP contribution >= 0.6 is 24.0 Å². The van der Waals surface area contributed by atoms with E-state index in [2.05, 4.69) is 21.5 Å². The summed E-state index contributed by atoms with van der Waals surface area (Å²) >= 11 is 0. The van der Waals surface area contributed by atoms with Crippen LogP contribution in [0.5, 0.6) is 0 Å². The minimum Gasteiger partial charge on any atom is -0.370 e. The van der Waals surface area contributed by atoms with Crippen LogP contribution in [0.4, 0.5) is 0 Å². The van der Waals surface area contributed by atoms with E-state index in [-0.39, 0.29) is 24.0 Å². The number of nitrogens with one attached hydrogen (secondary N) is 1. The van der Waals surface area contributed by atoms with E-state index in [1.54, 1.807) is 0 Å². The lowest BCUT2D eigenvalue weighted by molar-refractivity contribution is 0.326. The summed E-state index contributed by atoms with van der Waals surface area (Å²) < 4.78 is 2.03. The Labute approximate surface area is 142 Å². The first-order valence-electron chi connectivity index (χ1n) is 7.27. The molecule has 0 saturated heterocycles. The summed E-state index contributed by atoms with van der Waals surface area (Å²) in [6.07, 6.45) is 8.87. The highest BCUT2D eigenvalue weighted by atomic mass is 127. The molecule has 114 valence electrons. The predicted octanol–water partition coefficient (Wildman–Crippen LogP) is 2.20. The summed E-state index contributed by atoms with van der Waals surface area (Å²) in [5.41, 5.74) is 7.90. The second-order valence-corrected chi connectivity index (χ2v) is 5.40. The van der Waals surface area contributed by atoms with Gasteiger partial charge in [0, 0.05) is 31.9 Å². The fourth-order valence-corrected chi connectivity index (χ4v) is 2.39. The van der Waals surface area contributed by atoms with Gasteiger partial charge in [0.25, 0.3) is 0 Å². The molecule has 6 heteroatoms. The van der Waals surface area contributed by atoms with Crippen LogP contribution in [0, 0.1) is 5.92 Å². The van der Waals surface area contributed by atoms with Gasteiger partial charge in [0.2, 0.25) is 0 Å². The van der Waals surface area contributed by atoms with Gasteiger partial charge in [0.15, 0.2) is 5.96 Å². The molecule has 0 unspecified atom stereocenters. The largest absolute Gasteiger partial charge is 0.370 e. The normalized spacial score (nSPS) is 15.5. The third kappa shape index (κ3) is 4.33. The first-order chi connectivity index (χ1) is 9.81. The minimum absolute atomic E-state index is 0. The molecule has 1 fully saturated rings. The molecule has 1 saturated carbocycles. The number of hydrogen-bond acceptors (Lipinski definition) is 2. The van der Waals surface area contributed by atoms with Crippen LogP contribution in [0.3, 0.4) is 0 Å². The molecule has 0 aliphatic heterocycles. The zero-order valence-electron chi connectivity index (χ0n) is 12.0. The molecule has 3 N–H and O–H groups in total. The number of hydrogen-bond donors (Lipinski definition) is 2. The monoisotopic (exact) mass is 399 g/mol. The summed E-state index contributed by atoms with van der Waals surface area (Å²) in [5.74, 6) is 1.31. The van der Waals surface area contributed by atoms with Crippen molar-refractivity contribution >= 4 is 35.6 Å². The Balaban J connectivity index is 0.00000161. The van der Waals surface area contributed by atoms with E-state index in [9.17, 15) is 0 Å². The molecule has 0 radical (unpaired) electrons. The summed E-state index contributed by atoms with van der Waals surface area (Å²) in [6.45, 7) is 1.64. The lowest BCUT2D eigenvalue weighted by Crippen LogP contribution is -2.34. The predicted molar refractivity (Wildman–Crippen MR) is 96.1 cm³/mol. The molecular formula is C15H22IN5. The molecule has 2 heterocycles. The molecule has 2 aromatic rings. The summed E-state index contributed by atoms with van der Waals surface area (Å²) in [7, 11) is 0. The van der Waals surface area contributed by atoms with Crippen LogP contribution in [0.25, 0.3) is 5.65 Å². The van der Waals surface area contributed by atoms with Crippen LogP contribution in [0.2, 0.25) is 0 Å². The van der Waals surface area contributed by atoms with Crippen molar-refractivity contribution < 1.29 is 0 Å². The Hall–Kier alpha value is -1.31. The van der Waals surface area contributed by atoms with E-state index in [0.717, 1.165) is 36.8 Å². The Morgan fingerprint density at radius 2 is 2.29 bits per heavy atom. The Morgan fingerprint density at radius 3 is 3.00 bits per heavy atom. The highest BCUT2D eigenvalue weighted by molar-refractivity contribution is 14.0. The van der Waals surface area contributed by atoms with Gasteiger partial charge in [-0.2, -0.15) is 0 Å². The zero-order valence-corrected chi connectivity index (χ0v) is 14.4. The number of aliphatic imine (C=N–C) groups is 1. The van der Waals surface area contributed by atoms with Crippen LogP contribution in [-0.4, -0.2) is 28.4 Å². The van der Waals surface area contributed by atoms with Gasteiger partial charge in [-0.25, -0.2) is 4.98 Å². The molecule has 0 spiro atoms. The lowest BCUT2D eigenvalue weighted by Gasteiger charge is -2.23. The van der Waals surface area contributed by atoms with Gasteiger partial charge >= 0.3 is 0 Å². The number of halogens is 1. The molecule has 2 aromatic heterocycles. The number of nitrogens with zero attached hydrogens (tertiary/aromatic N) is 3. The minimum atomic E-state index is 0. The number of rotatable bonds is 5. The topological polar surface area (TPSA) is 67.7 Å². The third-order valence-electron chi connectivity index (χ3n) is 3.85. The molecule has 0 bridgehead atoms. The van der Waals surface area contributed by atoms with E-state index < -0.39 is 0 Å². The summed E-state index contributed by atoms with van der Waals surface area (Å²) in [6, 6.07) is 6.00. The van der Waals surface area contributed by atoms with Crippen LogP contribution in [0.1, 0.15) is 25.0 Å². The first-order valence-corrected chi connectivity index (χ1v) is 7.27. The second kappa shape index (κ2) is 7.63. The first kappa shape index (κ1) is 16.1. The smallest absolute Gasteiger partial charge is 0.188 e. The molecular weight excluding hydrogens is 377 g/mol.